The van der Waals surface area contributed by atoms with Crippen molar-refractivity contribution in [3.05, 3.63) is 0 Å². The van der Waals surface area contributed by atoms with Crippen molar-refractivity contribution in [2.24, 2.45) is 11.7 Å². The molecule has 0 aromatic rings. The van der Waals surface area contributed by atoms with E-state index < -0.39 is 0 Å². The summed E-state index contributed by atoms with van der Waals surface area (Å²) in [6.07, 6.45) is 12.5. The number of rotatable bonds is 9. The van der Waals surface area contributed by atoms with Gasteiger partial charge in [0.2, 0.25) is 0 Å². The summed E-state index contributed by atoms with van der Waals surface area (Å²) in [5.74, 6) is 0.940. The Hall–Kier alpha value is -0.0800. The van der Waals surface area contributed by atoms with Crippen LogP contribution in [0.3, 0.4) is 0 Å². The predicted octanol–water partition coefficient (Wildman–Crippen LogP) is 4.18. The maximum Gasteiger partial charge on any atom is 0.0223 e. The van der Waals surface area contributed by atoms with E-state index in [1.807, 2.05) is 0 Å². The van der Waals surface area contributed by atoms with Gasteiger partial charge in [0, 0.05) is 18.6 Å². The smallest absolute Gasteiger partial charge is 0.0223 e. The normalized spacial score (nSPS) is 19.3. The van der Waals surface area contributed by atoms with E-state index in [9.17, 15) is 0 Å². The average molecular weight is 268 g/mol. The highest BCUT2D eigenvalue weighted by atomic mass is 15.2. The third kappa shape index (κ3) is 6.27. The molecular weight excluding hydrogens is 232 g/mol. The van der Waals surface area contributed by atoms with Gasteiger partial charge in [0.05, 0.1) is 0 Å². The molecule has 1 atom stereocenters. The zero-order valence-corrected chi connectivity index (χ0v) is 13.5. The molecule has 2 nitrogen and oxygen atoms in total. The van der Waals surface area contributed by atoms with Crippen molar-refractivity contribution in [3.8, 4) is 0 Å². The van der Waals surface area contributed by atoms with Crippen molar-refractivity contribution < 1.29 is 0 Å². The molecule has 1 unspecified atom stereocenters. The Bertz CT molecular complexity index is 209. The molecule has 1 saturated carbocycles. The van der Waals surface area contributed by atoms with Crippen LogP contribution in [-0.2, 0) is 0 Å². The minimum absolute atomic E-state index is 0.611. The zero-order valence-electron chi connectivity index (χ0n) is 13.5. The molecule has 0 saturated heterocycles. The molecule has 0 bridgehead atoms. The molecule has 1 aliphatic carbocycles. The predicted molar refractivity (Wildman–Crippen MR) is 85.4 cm³/mol. The quantitative estimate of drug-likeness (QED) is 0.635. The topological polar surface area (TPSA) is 29.3 Å². The first-order valence-corrected chi connectivity index (χ1v) is 8.64. The van der Waals surface area contributed by atoms with Crippen LogP contribution in [0.15, 0.2) is 0 Å². The van der Waals surface area contributed by atoms with Crippen LogP contribution in [0.2, 0.25) is 0 Å². The molecule has 1 fully saturated rings. The molecule has 2 N–H and O–H groups in total. The van der Waals surface area contributed by atoms with E-state index in [0.29, 0.717) is 12.1 Å². The largest absolute Gasteiger partial charge is 0.329 e. The van der Waals surface area contributed by atoms with E-state index in [-0.39, 0.29) is 0 Å². The van der Waals surface area contributed by atoms with Crippen LogP contribution in [0.5, 0.6) is 0 Å². The van der Waals surface area contributed by atoms with Crippen LogP contribution in [0.25, 0.3) is 0 Å². The van der Waals surface area contributed by atoms with Crippen LogP contribution in [0.1, 0.15) is 78.6 Å². The second-order valence-corrected chi connectivity index (χ2v) is 6.67. The third-order valence-corrected chi connectivity index (χ3v) is 4.75. The van der Waals surface area contributed by atoms with Gasteiger partial charge in [0.1, 0.15) is 0 Å². The zero-order chi connectivity index (χ0) is 14.1. The molecule has 0 radical (unpaired) electrons. The SMILES string of the molecule is CCCCCN(C(C)C)C(CN)CC1CCCCC1. The van der Waals surface area contributed by atoms with Crippen LogP contribution >= 0.6 is 0 Å². The third-order valence-electron chi connectivity index (χ3n) is 4.75. The number of nitrogens with two attached hydrogens (primary N) is 1. The molecule has 19 heavy (non-hydrogen) atoms. The van der Waals surface area contributed by atoms with Crippen molar-refractivity contribution in [2.45, 2.75) is 90.6 Å². The maximum absolute atomic E-state index is 6.09. The van der Waals surface area contributed by atoms with Crippen LogP contribution in [0.4, 0.5) is 0 Å². The highest BCUT2D eigenvalue weighted by molar-refractivity contribution is 4.80. The van der Waals surface area contributed by atoms with Gasteiger partial charge in [-0.1, -0.05) is 51.9 Å². The fraction of sp³-hybridized carbons (Fsp3) is 1.00. The first-order valence-electron chi connectivity index (χ1n) is 8.64. The minimum Gasteiger partial charge on any atom is -0.329 e. The van der Waals surface area contributed by atoms with Crippen LogP contribution < -0.4 is 5.73 Å². The Kier molecular flexibility index (Phi) is 8.72. The van der Waals surface area contributed by atoms with Crippen LogP contribution in [0, 0.1) is 5.92 Å². The molecule has 1 aliphatic rings. The van der Waals surface area contributed by atoms with Crippen molar-refractivity contribution >= 4 is 0 Å². The Morgan fingerprint density at radius 2 is 1.79 bits per heavy atom. The van der Waals surface area contributed by atoms with Crippen molar-refractivity contribution in [3.63, 3.8) is 0 Å². The van der Waals surface area contributed by atoms with E-state index in [2.05, 4.69) is 25.7 Å². The molecule has 0 aromatic carbocycles. The lowest BCUT2D eigenvalue weighted by atomic mass is 9.84. The second kappa shape index (κ2) is 9.77. The van der Waals surface area contributed by atoms with Gasteiger partial charge in [0.15, 0.2) is 0 Å². The molecule has 0 heterocycles. The van der Waals surface area contributed by atoms with E-state index in [4.69, 9.17) is 5.73 Å². The highest BCUT2D eigenvalue weighted by Gasteiger charge is 2.24. The fourth-order valence-corrected chi connectivity index (χ4v) is 3.58. The summed E-state index contributed by atoms with van der Waals surface area (Å²) in [5.41, 5.74) is 6.09. The standard InChI is InChI=1S/C17H36N2/c1-4-5-9-12-19(15(2)3)17(14-18)13-16-10-7-6-8-11-16/h15-17H,4-14,18H2,1-3H3. The van der Waals surface area contributed by atoms with Crippen molar-refractivity contribution in [1.82, 2.24) is 4.90 Å². The van der Waals surface area contributed by atoms with Gasteiger partial charge < -0.3 is 5.73 Å². The number of unbranched alkanes of at least 4 members (excludes halogenated alkanes) is 2. The summed E-state index contributed by atoms with van der Waals surface area (Å²) in [4.78, 5) is 2.67. The Morgan fingerprint density at radius 3 is 2.32 bits per heavy atom. The first kappa shape index (κ1) is 17.0. The Balaban J connectivity index is 2.46. The number of hydrogen-bond acceptors (Lipinski definition) is 2. The van der Waals surface area contributed by atoms with E-state index in [1.165, 1.54) is 64.3 Å². The van der Waals surface area contributed by atoms with E-state index in [0.717, 1.165) is 12.5 Å². The first-order chi connectivity index (χ1) is 9.19. The molecular formula is C17H36N2. The van der Waals surface area contributed by atoms with Gasteiger partial charge in [-0.3, -0.25) is 4.90 Å². The summed E-state index contributed by atoms with van der Waals surface area (Å²) in [5, 5.41) is 0. The average Bonchev–Trinajstić information content (AvgIpc) is 2.42. The molecule has 0 spiro atoms. The lowest BCUT2D eigenvalue weighted by Gasteiger charge is -2.37. The van der Waals surface area contributed by atoms with Crippen LogP contribution in [-0.4, -0.2) is 30.1 Å². The number of hydrogen-bond donors (Lipinski definition) is 1. The van der Waals surface area contributed by atoms with Gasteiger partial charge >= 0.3 is 0 Å². The van der Waals surface area contributed by atoms with Gasteiger partial charge in [-0.15, -0.1) is 0 Å². The second-order valence-electron chi connectivity index (χ2n) is 6.67. The molecule has 1 rings (SSSR count). The monoisotopic (exact) mass is 268 g/mol. The summed E-state index contributed by atoms with van der Waals surface area (Å²) >= 11 is 0. The molecule has 2 heteroatoms. The van der Waals surface area contributed by atoms with Gasteiger partial charge in [-0.05, 0) is 39.2 Å². The minimum atomic E-state index is 0.611. The lowest BCUT2D eigenvalue weighted by molar-refractivity contribution is 0.124. The summed E-state index contributed by atoms with van der Waals surface area (Å²) in [6.45, 7) is 9.01. The fourth-order valence-electron chi connectivity index (χ4n) is 3.58. The van der Waals surface area contributed by atoms with E-state index in [1.54, 1.807) is 0 Å². The highest BCUT2D eigenvalue weighted by Crippen LogP contribution is 2.29. The molecule has 0 aliphatic heterocycles. The summed E-state index contributed by atoms with van der Waals surface area (Å²) in [6, 6.07) is 1.24. The van der Waals surface area contributed by atoms with Gasteiger partial charge in [-0.2, -0.15) is 0 Å². The van der Waals surface area contributed by atoms with Gasteiger partial charge in [0.25, 0.3) is 0 Å². The summed E-state index contributed by atoms with van der Waals surface area (Å²) in [7, 11) is 0. The summed E-state index contributed by atoms with van der Waals surface area (Å²) < 4.78 is 0. The molecule has 114 valence electrons. The maximum atomic E-state index is 6.09. The number of nitrogens with zero attached hydrogens (tertiary/aromatic N) is 1. The lowest BCUT2D eigenvalue weighted by Crippen LogP contribution is -2.46. The molecule has 0 aromatic heterocycles. The van der Waals surface area contributed by atoms with Gasteiger partial charge in [-0.25, -0.2) is 0 Å². The van der Waals surface area contributed by atoms with Crippen molar-refractivity contribution in [2.75, 3.05) is 13.1 Å². The Labute approximate surface area is 121 Å². The van der Waals surface area contributed by atoms with Crippen molar-refractivity contribution in [1.29, 1.82) is 0 Å². The molecule has 0 amide bonds. The van der Waals surface area contributed by atoms with E-state index >= 15 is 0 Å². The Morgan fingerprint density at radius 1 is 1.11 bits per heavy atom.